The zero-order chi connectivity index (χ0) is 23.3. The number of anilines is 1. The summed E-state index contributed by atoms with van der Waals surface area (Å²) in [6.07, 6.45) is 5.48. The van der Waals surface area contributed by atoms with Crippen LogP contribution in [0.25, 0.3) is 17.2 Å². The second kappa shape index (κ2) is 10.5. The monoisotopic (exact) mass is 491 g/mol. The number of rotatable bonds is 7. The smallest absolute Gasteiger partial charge is 0.290 e. The van der Waals surface area contributed by atoms with Gasteiger partial charge < -0.3 is 10.2 Å². The molecule has 174 valence electrons. The van der Waals surface area contributed by atoms with Gasteiger partial charge in [0.05, 0.1) is 10.6 Å². The van der Waals surface area contributed by atoms with Gasteiger partial charge in [0.25, 0.3) is 11.1 Å². The summed E-state index contributed by atoms with van der Waals surface area (Å²) < 4.78 is 0. The summed E-state index contributed by atoms with van der Waals surface area (Å²) >= 11 is 2.62. The first-order valence-corrected chi connectivity index (χ1v) is 13.0. The molecule has 2 fully saturated rings. The van der Waals surface area contributed by atoms with Crippen molar-refractivity contribution in [2.24, 2.45) is 5.92 Å². The third kappa shape index (κ3) is 5.55. The molecule has 0 spiro atoms. The summed E-state index contributed by atoms with van der Waals surface area (Å²) in [5.41, 5.74) is 4.48. The van der Waals surface area contributed by atoms with Gasteiger partial charge in [-0.3, -0.25) is 14.9 Å². The Morgan fingerprint density at radius 3 is 2.79 bits per heavy atom. The minimum atomic E-state index is -0.373. The molecule has 2 aromatic heterocycles. The Morgan fingerprint density at radius 2 is 2.03 bits per heavy atom. The summed E-state index contributed by atoms with van der Waals surface area (Å²) in [6, 6.07) is 12.6. The van der Waals surface area contributed by atoms with Crippen LogP contribution in [0.5, 0.6) is 0 Å². The zero-order valence-corrected chi connectivity index (χ0v) is 20.2. The molecule has 34 heavy (non-hydrogen) atoms. The highest BCUT2D eigenvalue weighted by Gasteiger charge is 2.25. The highest BCUT2D eigenvalue weighted by molar-refractivity contribution is 8.18. The predicted molar refractivity (Wildman–Crippen MR) is 138 cm³/mol. The Balaban J connectivity index is 1.11. The third-order valence-corrected chi connectivity index (χ3v) is 7.52. The van der Waals surface area contributed by atoms with Crippen LogP contribution < -0.4 is 15.5 Å². The predicted octanol–water partition coefficient (Wildman–Crippen LogP) is 4.54. The first-order chi connectivity index (χ1) is 16.6. The first-order valence-electron chi connectivity index (χ1n) is 11.3. The Hall–Kier alpha value is -3.01. The van der Waals surface area contributed by atoms with E-state index < -0.39 is 0 Å². The van der Waals surface area contributed by atoms with Crippen molar-refractivity contribution < 1.29 is 9.59 Å². The first kappa shape index (κ1) is 22.8. The lowest BCUT2D eigenvalue weighted by Crippen LogP contribution is -2.38. The molecule has 2 aliphatic heterocycles. The van der Waals surface area contributed by atoms with E-state index in [1.54, 1.807) is 29.7 Å². The molecule has 0 saturated carbocycles. The van der Waals surface area contributed by atoms with Crippen LogP contribution in [0, 0.1) is 5.92 Å². The van der Waals surface area contributed by atoms with Crippen LogP contribution >= 0.6 is 23.1 Å². The van der Waals surface area contributed by atoms with Crippen LogP contribution in [0.4, 0.5) is 10.7 Å². The van der Waals surface area contributed by atoms with Crippen LogP contribution in [0.3, 0.4) is 0 Å². The van der Waals surface area contributed by atoms with Crippen LogP contribution in [-0.2, 0) is 11.3 Å². The number of piperidine rings is 1. The van der Waals surface area contributed by atoms with Gasteiger partial charge in [0.15, 0.2) is 0 Å². The van der Waals surface area contributed by atoms with Crippen molar-refractivity contribution in [2.45, 2.75) is 19.4 Å². The fourth-order valence-electron chi connectivity index (χ4n) is 4.20. The second-order valence-electron chi connectivity index (χ2n) is 8.41. The van der Waals surface area contributed by atoms with Gasteiger partial charge in [0, 0.05) is 25.8 Å². The van der Waals surface area contributed by atoms with Crippen LogP contribution in [0.1, 0.15) is 24.1 Å². The summed E-state index contributed by atoms with van der Waals surface area (Å²) in [5.74, 6) is 0.911. The molecule has 2 saturated heterocycles. The molecule has 0 unspecified atom stereocenters. The lowest BCUT2D eigenvalue weighted by molar-refractivity contribution is -0.115. The lowest BCUT2D eigenvalue weighted by Gasteiger charge is -2.32. The van der Waals surface area contributed by atoms with E-state index in [9.17, 15) is 9.59 Å². The number of amides is 2. The average Bonchev–Trinajstić information content (AvgIpc) is 3.50. The number of benzene rings is 1. The second-order valence-corrected chi connectivity index (χ2v) is 10.2. The fraction of sp³-hybridized carbons (Fsp3) is 0.280. The van der Waals surface area contributed by atoms with Gasteiger partial charge in [-0.2, -0.15) is 11.3 Å². The largest absolute Gasteiger partial charge is 0.341 e. The number of nitrogens with zero attached hydrogens (tertiary/aromatic N) is 3. The SMILES string of the molecule is O=C1NC(=O)C(=Cc2ccnc(N3CCC(CNCc4cccc(-c5ccsc5)c4)CC3)n2)S1. The summed E-state index contributed by atoms with van der Waals surface area (Å²) in [7, 11) is 0. The molecule has 2 aliphatic rings. The molecule has 3 aromatic rings. The number of carbonyl (C=O) groups excluding carboxylic acids is 2. The van der Waals surface area contributed by atoms with Gasteiger partial charge in [0.2, 0.25) is 5.95 Å². The number of carbonyl (C=O) groups is 2. The normalized spacial score (nSPS) is 18.0. The average molecular weight is 492 g/mol. The van der Waals surface area contributed by atoms with Crippen LogP contribution in [-0.4, -0.2) is 40.7 Å². The van der Waals surface area contributed by atoms with E-state index >= 15 is 0 Å². The van der Waals surface area contributed by atoms with Gasteiger partial charge in [-0.1, -0.05) is 18.2 Å². The van der Waals surface area contributed by atoms with E-state index in [1.165, 1.54) is 16.7 Å². The summed E-state index contributed by atoms with van der Waals surface area (Å²) in [6.45, 7) is 3.65. The van der Waals surface area contributed by atoms with Crippen molar-refractivity contribution in [1.82, 2.24) is 20.6 Å². The minimum absolute atomic E-state index is 0.351. The maximum absolute atomic E-state index is 11.8. The van der Waals surface area contributed by atoms with Crippen LogP contribution in [0.15, 0.2) is 58.3 Å². The zero-order valence-electron chi connectivity index (χ0n) is 18.6. The van der Waals surface area contributed by atoms with E-state index in [-0.39, 0.29) is 11.1 Å². The molecular weight excluding hydrogens is 466 g/mol. The van der Waals surface area contributed by atoms with Gasteiger partial charge in [-0.05, 0) is 88.8 Å². The molecule has 7 nitrogen and oxygen atoms in total. The Bertz CT molecular complexity index is 1200. The van der Waals surface area contributed by atoms with E-state index in [0.717, 1.165) is 50.8 Å². The molecular formula is C25H25N5O2S2. The lowest BCUT2D eigenvalue weighted by atomic mass is 9.97. The standard InChI is InChI=1S/C25H25N5O2S2/c31-23-22(34-25(32)29-23)13-21-4-8-27-24(28-21)30-9-5-17(6-10-30)14-26-15-18-2-1-3-19(12-18)20-7-11-33-16-20/h1-4,7-8,11-13,16-17,26H,5-6,9-10,14-15H2,(H,29,31,32). The molecule has 9 heteroatoms. The highest BCUT2D eigenvalue weighted by atomic mass is 32.2. The number of aromatic nitrogens is 2. The maximum Gasteiger partial charge on any atom is 0.290 e. The van der Waals surface area contributed by atoms with Gasteiger partial charge in [0.1, 0.15) is 0 Å². The summed E-state index contributed by atoms with van der Waals surface area (Å²) in [4.78, 5) is 34.7. The molecule has 0 aliphatic carbocycles. The molecule has 4 heterocycles. The number of hydrogen-bond donors (Lipinski definition) is 2. The molecule has 5 rings (SSSR count). The van der Waals surface area contributed by atoms with Crippen molar-refractivity contribution in [3.63, 3.8) is 0 Å². The molecule has 1 aromatic carbocycles. The number of thiophene rings is 1. The van der Waals surface area contributed by atoms with Crippen molar-refractivity contribution in [3.8, 4) is 11.1 Å². The van der Waals surface area contributed by atoms with Crippen LogP contribution in [0.2, 0.25) is 0 Å². The number of thioether (sulfide) groups is 1. The highest BCUT2D eigenvalue weighted by Crippen LogP contribution is 2.26. The minimum Gasteiger partial charge on any atom is -0.341 e. The molecule has 2 N–H and O–H groups in total. The Kier molecular flexibility index (Phi) is 7.03. The van der Waals surface area contributed by atoms with Gasteiger partial charge in [-0.25, -0.2) is 9.97 Å². The molecule has 2 amide bonds. The van der Waals surface area contributed by atoms with Gasteiger partial charge >= 0.3 is 0 Å². The van der Waals surface area contributed by atoms with Gasteiger partial charge in [-0.15, -0.1) is 0 Å². The molecule has 0 radical (unpaired) electrons. The van der Waals surface area contributed by atoms with E-state index in [1.807, 2.05) is 0 Å². The van der Waals surface area contributed by atoms with Crippen molar-refractivity contribution in [3.05, 3.63) is 69.5 Å². The molecule has 0 bridgehead atoms. The Morgan fingerprint density at radius 1 is 1.15 bits per heavy atom. The molecule has 0 atom stereocenters. The number of nitrogens with one attached hydrogen (secondary N) is 2. The number of hydrogen-bond acceptors (Lipinski definition) is 8. The van der Waals surface area contributed by atoms with Crippen molar-refractivity contribution in [2.75, 3.05) is 24.5 Å². The quantitative estimate of drug-likeness (QED) is 0.469. The fourth-order valence-corrected chi connectivity index (χ4v) is 5.53. The van der Waals surface area contributed by atoms with E-state index in [4.69, 9.17) is 0 Å². The van der Waals surface area contributed by atoms with E-state index in [2.05, 4.69) is 66.6 Å². The van der Waals surface area contributed by atoms with Crippen molar-refractivity contribution in [1.29, 1.82) is 0 Å². The Labute approximate surface area is 206 Å². The maximum atomic E-state index is 11.8. The number of imide groups is 1. The summed E-state index contributed by atoms with van der Waals surface area (Å²) in [5, 5.41) is 9.84. The topological polar surface area (TPSA) is 87.2 Å². The van der Waals surface area contributed by atoms with E-state index in [0.29, 0.717) is 22.5 Å². The van der Waals surface area contributed by atoms with Crippen molar-refractivity contribution >= 4 is 46.3 Å². The third-order valence-electron chi connectivity index (χ3n) is 6.03.